The molecule has 0 aliphatic carbocycles. The van der Waals surface area contributed by atoms with Crippen LogP contribution in [-0.2, 0) is 4.79 Å². The molecule has 0 spiro atoms. The summed E-state index contributed by atoms with van der Waals surface area (Å²) in [5, 5.41) is 0. The highest BCUT2D eigenvalue weighted by Crippen LogP contribution is 2.24. The van der Waals surface area contributed by atoms with Gasteiger partial charge in [0.15, 0.2) is 0 Å². The van der Waals surface area contributed by atoms with Crippen molar-refractivity contribution >= 4 is 5.78 Å². The number of ketones is 1. The first-order valence-corrected chi connectivity index (χ1v) is 6.09. The van der Waals surface area contributed by atoms with E-state index in [1.165, 1.54) is 0 Å². The highest BCUT2D eigenvalue weighted by Gasteiger charge is 2.22. The third kappa shape index (κ3) is 2.72. The van der Waals surface area contributed by atoms with Crippen molar-refractivity contribution in [3.63, 3.8) is 0 Å². The van der Waals surface area contributed by atoms with Gasteiger partial charge in [-0.2, -0.15) is 0 Å². The quantitative estimate of drug-likeness (QED) is 0.785. The zero-order valence-electron chi connectivity index (χ0n) is 10.4. The van der Waals surface area contributed by atoms with Gasteiger partial charge in [0.05, 0.1) is 0 Å². The molecule has 17 heavy (non-hydrogen) atoms. The number of piperidine rings is 1. The third-order valence-corrected chi connectivity index (χ3v) is 3.58. The molecule has 1 aromatic carbocycles. The molecular weight excluding hydrogens is 217 g/mol. The lowest BCUT2D eigenvalue weighted by Crippen LogP contribution is -2.35. The molecule has 0 saturated carbocycles. The van der Waals surface area contributed by atoms with Gasteiger partial charge in [0.2, 0.25) is 0 Å². The fourth-order valence-corrected chi connectivity index (χ4v) is 2.24. The fraction of sp³-hybridized carbons (Fsp3) is 0.500. The van der Waals surface area contributed by atoms with Crippen LogP contribution < -0.4 is 0 Å². The van der Waals surface area contributed by atoms with E-state index in [2.05, 4.69) is 11.8 Å². The van der Waals surface area contributed by atoms with Crippen LogP contribution in [0.3, 0.4) is 0 Å². The lowest BCUT2D eigenvalue weighted by atomic mass is 10.0. The summed E-state index contributed by atoms with van der Waals surface area (Å²) in [5.41, 5.74) is 1.66. The van der Waals surface area contributed by atoms with Crippen molar-refractivity contribution in [1.82, 2.24) is 4.90 Å². The Morgan fingerprint density at radius 2 is 1.94 bits per heavy atom. The van der Waals surface area contributed by atoms with Crippen LogP contribution in [0.4, 0.5) is 4.39 Å². The molecule has 0 amide bonds. The molecule has 2 nitrogen and oxygen atoms in total. The largest absolute Gasteiger partial charge is 0.300 e. The van der Waals surface area contributed by atoms with Crippen LogP contribution in [0.25, 0.3) is 0 Å². The standard InChI is InChI=1S/C14H18FNO/c1-10-3-4-12(9-14(10)15)11(2)16-7-5-13(17)6-8-16/h3-4,9,11H,5-8H2,1-2H3. The van der Waals surface area contributed by atoms with Gasteiger partial charge in [0.25, 0.3) is 0 Å². The Kier molecular flexibility index (Phi) is 3.57. The maximum absolute atomic E-state index is 13.5. The first-order chi connectivity index (χ1) is 8.08. The number of benzene rings is 1. The lowest BCUT2D eigenvalue weighted by molar-refractivity contribution is -0.121. The monoisotopic (exact) mass is 235 g/mol. The summed E-state index contributed by atoms with van der Waals surface area (Å²) in [6.45, 7) is 5.41. The number of nitrogens with zero attached hydrogens (tertiary/aromatic N) is 1. The SMILES string of the molecule is Cc1ccc(C(C)N2CCC(=O)CC2)cc1F. The molecule has 1 fully saturated rings. The smallest absolute Gasteiger partial charge is 0.135 e. The van der Waals surface area contributed by atoms with Crippen molar-refractivity contribution in [3.8, 4) is 0 Å². The molecule has 1 unspecified atom stereocenters. The van der Waals surface area contributed by atoms with E-state index < -0.39 is 0 Å². The number of aryl methyl sites for hydroxylation is 1. The lowest BCUT2D eigenvalue weighted by Gasteiger charge is -2.32. The van der Waals surface area contributed by atoms with E-state index >= 15 is 0 Å². The predicted octanol–water partition coefficient (Wildman–Crippen LogP) is 2.86. The Labute approximate surface area is 101 Å². The molecule has 1 atom stereocenters. The molecule has 1 aliphatic heterocycles. The van der Waals surface area contributed by atoms with Crippen LogP contribution in [0, 0.1) is 12.7 Å². The van der Waals surface area contributed by atoms with E-state index in [1.54, 1.807) is 13.0 Å². The summed E-state index contributed by atoms with van der Waals surface area (Å²) in [6.07, 6.45) is 1.25. The topological polar surface area (TPSA) is 20.3 Å². The van der Waals surface area contributed by atoms with Crippen LogP contribution in [0.15, 0.2) is 18.2 Å². The summed E-state index contributed by atoms with van der Waals surface area (Å²) in [4.78, 5) is 13.4. The molecule has 2 rings (SSSR count). The highest BCUT2D eigenvalue weighted by molar-refractivity contribution is 5.79. The van der Waals surface area contributed by atoms with E-state index in [9.17, 15) is 9.18 Å². The Bertz CT molecular complexity index is 420. The maximum atomic E-state index is 13.5. The van der Waals surface area contributed by atoms with E-state index in [-0.39, 0.29) is 11.9 Å². The molecule has 0 radical (unpaired) electrons. The van der Waals surface area contributed by atoms with Crippen LogP contribution in [0.2, 0.25) is 0 Å². The van der Waals surface area contributed by atoms with Gasteiger partial charge < -0.3 is 0 Å². The number of hydrogen-bond acceptors (Lipinski definition) is 2. The van der Waals surface area contributed by atoms with Gasteiger partial charge in [-0.15, -0.1) is 0 Å². The van der Waals surface area contributed by atoms with Gasteiger partial charge in [-0.1, -0.05) is 12.1 Å². The van der Waals surface area contributed by atoms with Crippen molar-refractivity contribution in [3.05, 3.63) is 35.1 Å². The van der Waals surface area contributed by atoms with Crippen molar-refractivity contribution in [2.24, 2.45) is 0 Å². The van der Waals surface area contributed by atoms with Crippen LogP contribution >= 0.6 is 0 Å². The van der Waals surface area contributed by atoms with E-state index in [1.807, 2.05) is 12.1 Å². The Morgan fingerprint density at radius 1 is 1.29 bits per heavy atom. The minimum absolute atomic E-state index is 0.151. The molecule has 92 valence electrons. The van der Waals surface area contributed by atoms with E-state index in [0.29, 0.717) is 24.2 Å². The summed E-state index contributed by atoms with van der Waals surface area (Å²) < 4.78 is 13.5. The minimum Gasteiger partial charge on any atom is -0.300 e. The number of carbonyl (C=O) groups is 1. The maximum Gasteiger partial charge on any atom is 0.135 e. The van der Waals surface area contributed by atoms with E-state index in [0.717, 1.165) is 18.7 Å². The summed E-state index contributed by atoms with van der Waals surface area (Å²) >= 11 is 0. The van der Waals surface area contributed by atoms with Gasteiger partial charge in [-0.05, 0) is 31.0 Å². The molecule has 0 N–H and O–H groups in total. The number of rotatable bonds is 2. The number of halogens is 1. The minimum atomic E-state index is -0.151. The second kappa shape index (κ2) is 4.96. The predicted molar refractivity (Wildman–Crippen MR) is 65.4 cm³/mol. The first-order valence-electron chi connectivity index (χ1n) is 6.09. The molecule has 1 aliphatic rings. The van der Waals surface area contributed by atoms with Crippen LogP contribution in [-0.4, -0.2) is 23.8 Å². The molecule has 1 heterocycles. The van der Waals surface area contributed by atoms with Gasteiger partial charge in [-0.3, -0.25) is 9.69 Å². The van der Waals surface area contributed by atoms with Gasteiger partial charge in [-0.25, -0.2) is 4.39 Å². The fourth-order valence-electron chi connectivity index (χ4n) is 2.24. The van der Waals surface area contributed by atoms with Gasteiger partial charge in [0, 0.05) is 32.0 Å². The normalized spacial score (nSPS) is 19.4. The number of Topliss-reactive ketones (excluding diaryl/α,β-unsaturated/α-hetero) is 1. The molecule has 1 aromatic rings. The van der Waals surface area contributed by atoms with Gasteiger partial charge >= 0.3 is 0 Å². The summed E-state index contributed by atoms with van der Waals surface area (Å²) in [5.74, 6) is 0.186. The summed E-state index contributed by atoms with van der Waals surface area (Å²) in [6, 6.07) is 5.57. The van der Waals surface area contributed by atoms with Crippen LogP contribution in [0.5, 0.6) is 0 Å². The zero-order valence-corrected chi connectivity index (χ0v) is 10.4. The number of likely N-dealkylation sites (tertiary alicyclic amines) is 1. The molecule has 1 saturated heterocycles. The van der Waals surface area contributed by atoms with Crippen molar-refractivity contribution in [2.45, 2.75) is 32.7 Å². The molecule has 0 bridgehead atoms. The molecule has 0 aromatic heterocycles. The van der Waals surface area contributed by atoms with Crippen molar-refractivity contribution in [2.75, 3.05) is 13.1 Å². The number of hydrogen-bond donors (Lipinski definition) is 0. The summed E-state index contributed by atoms with van der Waals surface area (Å²) in [7, 11) is 0. The second-order valence-electron chi connectivity index (χ2n) is 4.76. The van der Waals surface area contributed by atoms with E-state index in [4.69, 9.17) is 0 Å². The molecule has 3 heteroatoms. The Balaban J connectivity index is 2.11. The average molecular weight is 235 g/mol. The highest BCUT2D eigenvalue weighted by atomic mass is 19.1. The Morgan fingerprint density at radius 3 is 2.53 bits per heavy atom. The first kappa shape index (κ1) is 12.2. The third-order valence-electron chi connectivity index (χ3n) is 3.58. The Hall–Kier alpha value is -1.22. The second-order valence-corrected chi connectivity index (χ2v) is 4.76. The average Bonchev–Trinajstić information content (AvgIpc) is 2.33. The van der Waals surface area contributed by atoms with Crippen molar-refractivity contribution in [1.29, 1.82) is 0 Å². The number of carbonyl (C=O) groups excluding carboxylic acids is 1. The van der Waals surface area contributed by atoms with Crippen molar-refractivity contribution < 1.29 is 9.18 Å². The molecular formula is C14H18FNO. The van der Waals surface area contributed by atoms with Gasteiger partial charge in [0.1, 0.15) is 11.6 Å². The zero-order chi connectivity index (χ0) is 12.4. The van der Waals surface area contributed by atoms with Crippen LogP contribution in [0.1, 0.15) is 36.9 Å².